The van der Waals surface area contributed by atoms with Crippen LogP contribution in [0.5, 0.6) is 0 Å². The van der Waals surface area contributed by atoms with Crippen LogP contribution in [0.4, 0.5) is 13.2 Å². The van der Waals surface area contributed by atoms with Gasteiger partial charge in [-0.15, -0.1) is 0 Å². The summed E-state index contributed by atoms with van der Waals surface area (Å²) < 4.78 is 39.8. The number of carbonyl (C=O) groups is 2. The molecule has 0 unspecified atom stereocenters. The molecule has 2 aromatic carbocycles. The number of rotatable bonds is 3. The molecule has 1 saturated heterocycles. The standard InChI is InChI=1S/C20H19F3N2O2/c1-20(22,23)16-7-5-14(6-8-16)18(26)24-9-11-25(12-10-24)19(27)15-3-2-4-17(21)13-15/h2-8,13H,9-12H2,1H3. The molecule has 0 aromatic heterocycles. The van der Waals surface area contributed by atoms with Crippen LogP contribution in [0.2, 0.25) is 0 Å². The summed E-state index contributed by atoms with van der Waals surface area (Å²) in [5.74, 6) is -3.98. The molecule has 0 radical (unpaired) electrons. The highest BCUT2D eigenvalue weighted by Gasteiger charge is 2.27. The largest absolute Gasteiger partial charge is 0.335 e. The zero-order valence-electron chi connectivity index (χ0n) is 14.8. The lowest BCUT2D eigenvalue weighted by molar-refractivity contribution is 0.0174. The normalized spacial score (nSPS) is 15.0. The minimum atomic E-state index is -2.95. The van der Waals surface area contributed by atoms with Gasteiger partial charge in [0.15, 0.2) is 0 Å². The van der Waals surface area contributed by atoms with E-state index in [1.54, 1.807) is 15.9 Å². The van der Waals surface area contributed by atoms with Crippen LogP contribution in [0.3, 0.4) is 0 Å². The third-order valence-corrected chi connectivity index (χ3v) is 4.56. The van der Waals surface area contributed by atoms with Gasteiger partial charge < -0.3 is 9.80 Å². The Balaban J connectivity index is 1.61. The van der Waals surface area contributed by atoms with Crippen LogP contribution in [-0.2, 0) is 5.92 Å². The number of piperazine rings is 1. The van der Waals surface area contributed by atoms with Gasteiger partial charge in [-0.1, -0.05) is 18.2 Å². The Bertz CT molecular complexity index is 839. The third-order valence-electron chi connectivity index (χ3n) is 4.56. The van der Waals surface area contributed by atoms with Gasteiger partial charge >= 0.3 is 0 Å². The second kappa shape index (κ2) is 7.42. The van der Waals surface area contributed by atoms with Crippen molar-refractivity contribution < 1.29 is 22.8 Å². The number of hydrogen-bond acceptors (Lipinski definition) is 2. The van der Waals surface area contributed by atoms with E-state index in [0.29, 0.717) is 31.7 Å². The van der Waals surface area contributed by atoms with Crippen molar-refractivity contribution in [1.82, 2.24) is 9.80 Å². The lowest BCUT2D eigenvalue weighted by Crippen LogP contribution is -2.50. The third kappa shape index (κ3) is 4.30. The first-order valence-electron chi connectivity index (χ1n) is 8.58. The Morgan fingerprint density at radius 2 is 1.37 bits per heavy atom. The molecular formula is C20H19F3N2O2. The molecule has 0 saturated carbocycles. The Morgan fingerprint density at radius 3 is 1.85 bits per heavy atom. The summed E-state index contributed by atoms with van der Waals surface area (Å²) in [6, 6.07) is 10.8. The van der Waals surface area contributed by atoms with E-state index in [2.05, 4.69) is 0 Å². The van der Waals surface area contributed by atoms with Crippen LogP contribution in [0.25, 0.3) is 0 Å². The Hall–Kier alpha value is -2.83. The van der Waals surface area contributed by atoms with Crippen LogP contribution in [0, 0.1) is 5.82 Å². The first-order valence-corrected chi connectivity index (χ1v) is 8.58. The topological polar surface area (TPSA) is 40.6 Å². The molecule has 1 aliphatic heterocycles. The average Bonchev–Trinajstić information content (AvgIpc) is 2.66. The Labute approximate surface area is 155 Å². The van der Waals surface area contributed by atoms with E-state index in [4.69, 9.17) is 0 Å². The SMILES string of the molecule is CC(F)(F)c1ccc(C(=O)N2CCN(C(=O)c3cccc(F)c3)CC2)cc1. The molecule has 2 amide bonds. The van der Waals surface area contributed by atoms with E-state index < -0.39 is 11.7 Å². The number of nitrogens with zero attached hydrogens (tertiary/aromatic N) is 2. The number of amides is 2. The van der Waals surface area contributed by atoms with Crippen LogP contribution >= 0.6 is 0 Å². The molecule has 4 nitrogen and oxygen atoms in total. The minimum Gasteiger partial charge on any atom is -0.335 e. The Kier molecular flexibility index (Phi) is 5.21. The molecule has 1 heterocycles. The molecule has 142 valence electrons. The van der Waals surface area contributed by atoms with E-state index >= 15 is 0 Å². The highest BCUT2D eigenvalue weighted by molar-refractivity contribution is 5.96. The van der Waals surface area contributed by atoms with Crippen LogP contribution < -0.4 is 0 Å². The number of hydrogen-bond donors (Lipinski definition) is 0. The maximum absolute atomic E-state index is 13.3. The number of benzene rings is 2. The first-order chi connectivity index (χ1) is 12.8. The van der Waals surface area contributed by atoms with Crippen LogP contribution in [-0.4, -0.2) is 47.8 Å². The first kappa shape index (κ1) is 18.9. The maximum atomic E-state index is 13.3. The molecule has 0 aliphatic carbocycles. The van der Waals surface area contributed by atoms with Crippen molar-refractivity contribution in [2.24, 2.45) is 0 Å². The van der Waals surface area contributed by atoms with Crippen molar-refractivity contribution in [1.29, 1.82) is 0 Å². The predicted octanol–water partition coefficient (Wildman–Crippen LogP) is 3.54. The molecule has 1 fully saturated rings. The van der Waals surface area contributed by atoms with Gasteiger partial charge in [0, 0.05) is 49.8 Å². The molecule has 0 atom stereocenters. The van der Waals surface area contributed by atoms with E-state index in [-0.39, 0.29) is 22.9 Å². The highest BCUT2D eigenvalue weighted by Crippen LogP contribution is 2.27. The summed E-state index contributed by atoms with van der Waals surface area (Å²) in [5.41, 5.74) is 0.448. The molecule has 1 aliphatic rings. The summed E-state index contributed by atoms with van der Waals surface area (Å²) >= 11 is 0. The summed E-state index contributed by atoms with van der Waals surface area (Å²) in [6.07, 6.45) is 0. The van der Waals surface area contributed by atoms with Crippen LogP contribution in [0.15, 0.2) is 48.5 Å². The van der Waals surface area contributed by atoms with Gasteiger partial charge in [-0.2, -0.15) is 0 Å². The van der Waals surface area contributed by atoms with E-state index in [9.17, 15) is 22.8 Å². The second-order valence-corrected chi connectivity index (χ2v) is 6.56. The van der Waals surface area contributed by atoms with Crippen LogP contribution in [0.1, 0.15) is 33.2 Å². The monoisotopic (exact) mass is 376 g/mol. The quantitative estimate of drug-likeness (QED) is 0.822. The second-order valence-electron chi connectivity index (χ2n) is 6.56. The molecule has 0 N–H and O–H groups in total. The van der Waals surface area contributed by atoms with Gasteiger partial charge in [-0.25, -0.2) is 13.2 Å². The lowest BCUT2D eigenvalue weighted by Gasteiger charge is -2.35. The predicted molar refractivity (Wildman–Crippen MR) is 94.2 cm³/mol. The molecular weight excluding hydrogens is 357 g/mol. The smallest absolute Gasteiger partial charge is 0.270 e. The van der Waals surface area contributed by atoms with Gasteiger partial charge in [-0.3, -0.25) is 9.59 Å². The van der Waals surface area contributed by atoms with Crippen molar-refractivity contribution >= 4 is 11.8 Å². The van der Waals surface area contributed by atoms with E-state index in [1.165, 1.54) is 42.5 Å². The van der Waals surface area contributed by atoms with Crippen molar-refractivity contribution in [3.8, 4) is 0 Å². The fourth-order valence-electron chi connectivity index (χ4n) is 3.00. The average molecular weight is 376 g/mol. The highest BCUT2D eigenvalue weighted by atomic mass is 19.3. The minimum absolute atomic E-state index is 0.149. The van der Waals surface area contributed by atoms with Gasteiger partial charge in [0.2, 0.25) is 0 Å². The number of alkyl halides is 2. The van der Waals surface area contributed by atoms with Crippen molar-refractivity contribution in [3.63, 3.8) is 0 Å². The summed E-state index contributed by atoms with van der Waals surface area (Å²) in [6.45, 7) is 2.11. The van der Waals surface area contributed by atoms with Crippen molar-refractivity contribution in [2.45, 2.75) is 12.8 Å². The fourth-order valence-corrected chi connectivity index (χ4v) is 3.00. The summed E-state index contributed by atoms with van der Waals surface area (Å²) in [7, 11) is 0. The van der Waals surface area contributed by atoms with Gasteiger partial charge in [-0.05, 0) is 30.3 Å². The fraction of sp³-hybridized carbons (Fsp3) is 0.300. The van der Waals surface area contributed by atoms with E-state index in [0.717, 1.165) is 6.92 Å². The molecule has 7 heteroatoms. The lowest BCUT2D eigenvalue weighted by atomic mass is 10.1. The van der Waals surface area contributed by atoms with Crippen molar-refractivity contribution in [2.75, 3.05) is 26.2 Å². The maximum Gasteiger partial charge on any atom is 0.270 e. The molecule has 0 bridgehead atoms. The molecule has 27 heavy (non-hydrogen) atoms. The number of halogens is 3. The van der Waals surface area contributed by atoms with E-state index in [1.807, 2.05) is 0 Å². The zero-order chi connectivity index (χ0) is 19.6. The van der Waals surface area contributed by atoms with Gasteiger partial charge in [0.05, 0.1) is 0 Å². The summed E-state index contributed by atoms with van der Waals surface area (Å²) in [5, 5.41) is 0. The van der Waals surface area contributed by atoms with Crippen molar-refractivity contribution in [3.05, 3.63) is 71.0 Å². The molecule has 0 spiro atoms. The van der Waals surface area contributed by atoms with Gasteiger partial charge in [0.1, 0.15) is 5.82 Å². The Morgan fingerprint density at radius 1 is 0.852 bits per heavy atom. The summed E-state index contributed by atoms with van der Waals surface area (Å²) in [4.78, 5) is 28.1. The molecule has 2 aromatic rings. The number of carbonyl (C=O) groups excluding carboxylic acids is 2. The molecule has 3 rings (SSSR count). The zero-order valence-corrected chi connectivity index (χ0v) is 14.8. The van der Waals surface area contributed by atoms with Gasteiger partial charge in [0.25, 0.3) is 17.7 Å².